The Hall–Kier alpha value is -2.23. The van der Waals surface area contributed by atoms with Crippen molar-refractivity contribution in [2.75, 3.05) is 10.5 Å². The summed E-state index contributed by atoms with van der Waals surface area (Å²) in [5.74, 6) is 0. The zero-order valence-electron chi connectivity index (χ0n) is 10.9. The van der Waals surface area contributed by atoms with Gasteiger partial charge in [-0.3, -0.25) is 4.72 Å². The maximum Gasteiger partial charge on any atom is 0.261 e. The van der Waals surface area contributed by atoms with Crippen LogP contribution in [0.15, 0.2) is 47.4 Å². The lowest BCUT2D eigenvalue weighted by molar-refractivity contribution is 0.601. The van der Waals surface area contributed by atoms with Crippen LogP contribution in [0.25, 0.3) is 0 Å². The molecule has 0 aliphatic carbocycles. The Balaban J connectivity index is 2.27. The smallest absolute Gasteiger partial charge is 0.261 e. The number of rotatable bonds is 4. The van der Waals surface area contributed by atoms with E-state index in [4.69, 9.17) is 22.6 Å². The van der Waals surface area contributed by atoms with Gasteiger partial charge < -0.3 is 5.73 Å². The molecule has 0 saturated heterocycles. The van der Waals surface area contributed by atoms with Crippen molar-refractivity contribution in [3.05, 3.63) is 53.1 Å². The lowest BCUT2D eigenvalue weighted by Crippen LogP contribution is -2.14. The molecule has 2 aromatic carbocycles. The first kappa shape index (κ1) is 15.2. The third-order valence-corrected chi connectivity index (χ3v) is 4.39. The Labute approximate surface area is 128 Å². The summed E-state index contributed by atoms with van der Waals surface area (Å²) in [6, 6.07) is 12.6. The summed E-state index contributed by atoms with van der Waals surface area (Å²) >= 11 is 5.77. The fourth-order valence-electron chi connectivity index (χ4n) is 1.71. The first-order chi connectivity index (χ1) is 9.92. The van der Waals surface area contributed by atoms with Crippen molar-refractivity contribution in [3.63, 3.8) is 0 Å². The summed E-state index contributed by atoms with van der Waals surface area (Å²) in [7, 11) is -3.74. The molecule has 0 saturated carbocycles. The minimum Gasteiger partial charge on any atom is -0.397 e. The third-order valence-electron chi connectivity index (χ3n) is 2.77. The SMILES string of the molecule is N#CCc1ccc(S(=O)(=O)Nc2ccc(Cl)cc2N)cc1. The van der Waals surface area contributed by atoms with Crippen LogP contribution in [0.1, 0.15) is 5.56 Å². The molecule has 0 heterocycles. The maximum absolute atomic E-state index is 12.2. The summed E-state index contributed by atoms with van der Waals surface area (Å²) in [5, 5.41) is 9.02. The number of benzene rings is 2. The van der Waals surface area contributed by atoms with Gasteiger partial charge in [0.05, 0.1) is 28.8 Å². The van der Waals surface area contributed by atoms with E-state index in [-0.39, 0.29) is 22.7 Å². The predicted octanol–water partition coefficient (Wildman–Crippen LogP) is 2.79. The molecular weight excluding hydrogens is 310 g/mol. The van der Waals surface area contributed by atoms with Gasteiger partial charge in [-0.05, 0) is 35.9 Å². The van der Waals surface area contributed by atoms with Gasteiger partial charge in [-0.2, -0.15) is 5.26 Å². The fourth-order valence-corrected chi connectivity index (χ4v) is 2.98. The summed E-state index contributed by atoms with van der Waals surface area (Å²) in [6.07, 6.45) is 0.234. The molecular formula is C14H12ClN3O2S. The largest absolute Gasteiger partial charge is 0.397 e. The Morgan fingerprint density at radius 1 is 1.19 bits per heavy atom. The molecule has 0 radical (unpaired) electrons. The second kappa shape index (κ2) is 6.04. The zero-order chi connectivity index (χ0) is 15.5. The van der Waals surface area contributed by atoms with E-state index in [0.717, 1.165) is 5.56 Å². The standard InChI is InChI=1S/C14H12ClN3O2S/c15-11-3-6-14(13(17)9-11)18-21(19,20)12-4-1-10(2-5-12)7-8-16/h1-6,9,18H,7,17H2. The first-order valence-electron chi connectivity index (χ1n) is 5.96. The maximum atomic E-state index is 12.2. The molecule has 7 heteroatoms. The molecule has 0 aliphatic rings. The molecule has 0 amide bonds. The van der Waals surface area contributed by atoms with Gasteiger partial charge in [-0.1, -0.05) is 23.7 Å². The van der Waals surface area contributed by atoms with Crippen molar-refractivity contribution in [3.8, 4) is 6.07 Å². The van der Waals surface area contributed by atoms with E-state index in [1.807, 2.05) is 6.07 Å². The minimum absolute atomic E-state index is 0.0959. The molecule has 0 spiro atoms. The van der Waals surface area contributed by atoms with Crippen LogP contribution in [-0.2, 0) is 16.4 Å². The van der Waals surface area contributed by atoms with Crippen molar-refractivity contribution in [2.45, 2.75) is 11.3 Å². The van der Waals surface area contributed by atoms with Crippen molar-refractivity contribution in [2.24, 2.45) is 0 Å². The number of nitrogens with two attached hydrogens (primary N) is 1. The van der Waals surface area contributed by atoms with Gasteiger partial charge in [0.2, 0.25) is 0 Å². The number of halogens is 1. The highest BCUT2D eigenvalue weighted by molar-refractivity contribution is 7.92. The van der Waals surface area contributed by atoms with Crippen LogP contribution in [0.2, 0.25) is 5.02 Å². The highest BCUT2D eigenvalue weighted by Gasteiger charge is 2.15. The summed E-state index contributed by atoms with van der Waals surface area (Å²) in [4.78, 5) is 0.0959. The number of hydrogen-bond acceptors (Lipinski definition) is 4. The van der Waals surface area contributed by atoms with Gasteiger partial charge >= 0.3 is 0 Å². The molecule has 0 bridgehead atoms. The van der Waals surface area contributed by atoms with Crippen molar-refractivity contribution in [1.82, 2.24) is 0 Å². The Kier molecular flexibility index (Phi) is 4.36. The monoisotopic (exact) mass is 321 g/mol. The molecule has 2 aromatic rings. The van der Waals surface area contributed by atoms with E-state index >= 15 is 0 Å². The van der Waals surface area contributed by atoms with Crippen LogP contribution in [0.4, 0.5) is 11.4 Å². The predicted molar refractivity (Wildman–Crippen MR) is 82.4 cm³/mol. The van der Waals surface area contributed by atoms with E-state index in [1.165, 1.54) is 24.3 Å². The zero-order valence-corrected chi connectivity index (χ0v) is 12.4. The summed E-state index contributed by atoms with van der Waals surface area (Å²) in [5.41, 5.74) is 6.98. The number of nitrogen functional groups attached to an aromatic ring is 1. The average molecular weight is 322 g/mol. The number of hydrogen-bond donors (Lipinski definition) is 2. The van der Waals surface area contributed by atoms with E-state index in [0.29, 0.717) is 5.02 Å². The molecule has 5 nitrogen and oxygen atoms in total. The van der Waals surface area contributed by atoms with Crippen LogP contribution in [0.5, 0.6) is 0 Å². The van der Waals surface area contributed by atoms with Crippen LogP contribution in [-0.4, -0.2) is 8.42 Å². The quantitative estimate of drug-likeness (QED) is 0.846. The third kappa shape index (κ3) is 3.66. The van der Waals surface area contributed by atoms with E-state index < -0.39 is 10.0 Å². The van der Waals surface area contributed by atoms with Gasteiger partial charge in [0.15, 0.2) is 0 Å². The second-order valence-electron chi connectivity index (χ2n) is 4.32. The lowest BCUT2D eigenvalue weighted by Gasteiger charge is -2.10. The van der Waals surface area contributed by atoms with E-state index in [1.54, 1.807) is 18.2 Å². The van der Waals surface area contributed by atoms with Crippen molar-refractivity contribution >= 4 is 33.0 Å². The van der Waals surface area contributed by atoms with Gasteiger partial charge in [0.25, 0.3) is 10.0 Å². The lowest BCUT2D eigenvalue weighted by atomic mass is 10.2. The Morgan fingerprint density at radius 3 is 2.43 bits per heavy atom. The van der Waals surface area contributed by atoms with Crippen molar-refractivity contribution < 1.29 is 8.42 Å². The molecule has 0 fully saturated rings. The van der Waals surface area contributed by atoms with E-state index in [2.05, 4.69) is 4.72 Å². The highest BCUT2D eigenvalue weighted by Crippen LogP contribution is 2.25. The molecule has 0 aromatic heterocycles. The van der Waals surface area contributed by atoms with Crippen molar-refractivity contribution in [1.29, 1.82) is 5.26 Å². The second-order valence-corrected chi connectivity index (χ2v) is 6.43. The number of nitrogens with zero attached hydrogens (tertiary/aromatic N) is 1. The van der Waals surface area contributed by atoms with Gasteiger partial charge in [0, 0.05) is 5.02 Å². The highest BCUT2D eigenvalue weighted by atomic mass is 35.5. The van der Waals surface area contributed by atoms with Gasteiger partial charge in [-0.25, -0.2) is 8.42 Å². The summed E-state index contributed by atoms with van der Waals surface area (Å²) < 4.78 is 26.9. The van der Waals surface area contributed by atoms with Crippen LogP contribution in [0.3, 0.4) is 0 Å². The topological polar surface area (TPSA) is 96.0 Å². The van der Waals surface area contributed by atoms with E-state index in [9.17, 15) is 8.42 Å². The molecule has 108 valence electrons. The fraction of sp³-hybridized carbons (Fsp3) is 0.0714. The van der Waals surface area contributed by atoms with Crippen LogP contribution >= 0.6 is 11.6 Å². The Bertz CT molecular complexity index is 796. The average Bonchev–Trinajstić information content (AvgIpc) is 2.43. The molecule has 0 unspecified atom stereocenters. The van der Waals surface area contributed by atoms with Gasteiger partial charge in [-0.15, -0.1) is 0 Å². The summed E-state index contributed by atoms with van der Waals surface area (Å²) in [6.45, 7) is 0. The number of nitriles is 1. The molecule has 0 atom stereocenters. The number of nitrogens with one attached hydrogen (secondary N) is 1. The first-order valence-corrected chi connectivity index (χ1v) is 7.82. The van der Waals surface area contributed by atoms with Crippen LogP contribution in [0, 0.1) is 11.3 Å². The number of anilines is 2. The number of sulfonamides is 1. The molecule has 2 rings (SSSR count). The molecule has 3 N–H and O–H groups in total. The normalized spacial score (nSPS) is 10.9. The van der Waals surface area contributed by atoms with Crippen LogP contribution < -0.4 is 10.5 Å². The minimum atomic E-state index is -3.74. The Morgan fingerprint density at radius 2 is 1.86 bits per heavy atom. The van der Waals surface area contributed by atoms with Gasteiger partial charge in [0.1, 0.15) is 0 Å². The molecule has 0 aliphatic heterocycles. The molecule has 21 heavy (non-hydrogen) atoms.